The zero-order valence-corrected chi connectivity index (χ0v) is 15.5. The van der Waals surface area contributed by atoms with Crippen molar-refractivity contribution in [3.05, 3.63) is 96.3 Å². The number of carbonyl (C=O) groups excluding carboxylic acids is 1. The highest BCUT2D eigenvalue weighted by molar-refractivity contribution is 5.96. The van der Waals surface area contributed by atoms with Gasteiger partial charge in [-0.1, -0.05) is 48.5 Å². The summed E-state index contributed by atoms with van der Waals surface area (Å²) in [6.07, 6.45) is 3.39. The number of pyridine rings is 2. The fraction of sp³-hybridized carbons (Fsp3) is 0.0870. The summed E-state index contributed by atoms with van der Waals surface area (Å²) in [7, 11) is 0. The summed E-state index contributed by atoms with van der Waals surface area (Å²) < 4.78 is 0. The van der Waals surface area contributed by atoms with Crippen LogP contribution in [0, 0.1) is 0 Å². The van der Waals surface area contributed by atoms with Gasteiger partial charge in [-0.25, -0.2) is 4.98 Å². The van der Waals surface area contributed by atoms with Gasteiger partial charge >= 0.3 is 0 Å². The van der Waals surface area contributed by atoms with Crippen molar-refractivity contribution in [2.75, 3.05) is 5.32 Å². The first kappa shape index (κ1) is 17.7. The van der Waals surface area contributed by atoms with Crippen molar-refractivity contribution in [2.45, 2.75) is 13.0 Å². The van der Waals surface area contributed by atoms with Crippen LogP contribution in [0.25, 0.3) is 10.9 Å². The molecule has 0 fully saturated rings. The van der Waals surface area contributed by atoms with Crippen molar-refractivity contribution in [1.82, 2.24) is 15.3 Å². The minimum Gasteiger partial charge on any atom is -0.346 e. The van der Waals surface area contributed by atoms with Gasteiger partial charge in [-0.2, -0.15) is 0 Å². The highest BCUT2D eigenvalue weighted by Gasteiger charge is 2.12. The summed E-state index contributed by atoms with van der Waals surface area (Å²) in [5.74, 6) is 0.455. The lowest BCUT2D eigenvalue weighted by atomic mass is 10.1. The number of fused-ring (bicyclic) bond motifs is 1. The van der Waals surface area contributed by atoms with Crippen molar-refractivity contribution >= 4 is 28.3 Å². The number of para-hydroxylation sites is 1. The largest absolute Gasteiger partial charge is 0.346 e. The van der Waals surface area contributed by atoms with E-state index < -0.39 is 0 Å². The molecule has 0 aliphatic rings. The van der Waals surface area contributed by atoms with Crippen LogP contribution in [-0.2, 0) is 0 Å². The molecular weight excluding hydrogens is 348 g/mol. The van der Waals surface area contributed by atoms with Crippen LogP contribution in [-0.4, -0.2) is 15.9 Å². The second-order valence-electron chi connectivity index (χ2n) is 6.54. The second-order valence-corrected chi connectivity index (χ2v) is 6.54. The van der Waals surface area contributed by atoms with Gasteiger partial charge in [-0.05, 0) is 36.8 Å². The molecule has 0 saturated heterocycles. The molecule has 2 aromatic heterocycles. The zero-order valence-electron chi connectivity index (χ0n) is 15.5. The maximum atomic E-state index is 12.7. The van der Waals surface area contributed by atoms with Crippen molar-refractivity contribution in [3.8, 4) is 0 Å². The third-order valence-electron chi connectivity index (χ3n) is 4.56. The number of nitrogens with zero attached hydrogens (tertiary/aromatic N) is 2. The Morgan fingerprint density at radius 2 is 1.71 bits per heavy atom. The number of hydrogen-bond donors (Lipinski definition) is 2. The predicted octanol–water partition coefficient (Wildman–Crippen LogP) is 4.86. The SMILES string of the molecule is CC(NC(=O)c1ccnc(Nc2cccc3cccnc23)c1)c1ccccc1. The Hall–Kier alpha value is -3.73. The van der Waals surface area contributed by atoms with E-state index in [1.54, 1.807) is 24.5 Å². The molecule has 0 bridgehead atoms. The second kappa shape index (κ2) is 7.88. The van der Waals surface area contributed by atoms with Gasteiger partial charge in [0, 0.05) is 23.3 Å². The molecule has 5 nitrogen and oxygen atoms in total. The zero-order chi connectivity index (χ0) is 19.3. The average Bonchev–Trinajstić information content (AvgIpc) is 2.75. The first-order valence-corrected chi connectivity index (χ1v) is 9.13. The van der Waals surface area contributed by atoms with Gasteiger partial charge in [0.1, 0.15) is 5.82 Å². The first-order valence-electron chi connectivity index (χ1n) is 9.13. The van der Waals surface area contributed by atoms with E-state index in [0.717, 1.165) is 22.2 Å². The van der Waals surface area contributed by atoms with Crippen LogP contribution in [0.4, 0.5) is 11.5 Å². The quantitative estimate of drug-likeness (QED) is 0.528. The predicted molar refractivity (Wildman–Crippen MR) is 112 cm³/mol. The fourth-order valence-electron chi connectivity index (χ4n) is 3.09. The molecule has 2 heterocycles. The third kappa shape index (κ3) is 3.83. The standard InChI is InChI=1S/C23H20N4O/c1-16(17-7-3-2-4-8-17)26-23(28)19-12-14-24-21(15-19)27-20-11-5-9-18-10-6-13-25-22(18)20/h2-16H,1H3,(H,24,27)(H,26,28). The third-order valence-corrected chi connectivity index (χ3v) is 4.56. The first-order chi connectivity index (χ1) is 13.7. The number of nitrogens with one attached hydrogen (secondary N) is 2. The van der Waals surface area contributed by atoms with Gasteiger partial charge in [0.2, 0.25) is 0 Å². The van der Waals surface area contributed by atoms with Crippen LogP contribution >= 0.6 is 0 Å². The molecule has 138 valence electrons. The van der Waals surface area contributed by atoms with Crippen molar-refractivity contribution < 1.29 is 4.79 Å². The van der Waals surface area contributed by atoms with Crippen LogP contribution in [0.5, 0.6) is 0 Å². The summed E-state index contributed by atoms with van der Waals surface area (Å²) in [4.78, 5) is 21.4. The Kier molecular flexibility index (Phi) is 4.97. The number of rotatable bonds is 5. The molecular formula is C23H20N4O. The van der Waals surface area contributed by atoms with Gasteiger partial charge in [-0.15, -0.1) is 0 Å². The van der Waals surface area contributed by atoms with Crippen LogP contribution in [0.1, 0.15) is 28.9 Å². The lowest BCUT2D eigenvalue weighted by Crippen LogP contribution is -2.26. The maximum absolute atomic E-state index is 12.7. The molecule has 0 radical (unpaired) electrons. The summed E-state index contributed by atoms with van der Waals surface area (Å²) in [6.45, 7) is 1.97. The summed E-state index contributed by atoms with van der Waals surface area (Å²) in [6, 6.07) is 23.1. The van der Waals surface area contributed by atoms with Crippen LogP contribution in [0.15, 0.2) is 85.2 Å². The van der Waals surface area contributed by atoms with Gasteiger partial charge in [0.25, 0.3) is 5.91 Å². The number of carbonyl (C=O) groups is 1. The Balaban J connectivity index is 1.53. The molecule has 5 heteroatoms. The van der Waals surface area contributed by atoms with E-state index in [1.807, 2.05) is 67.6 Å². The molecule has 4 rings (SSSR count). The minimum atomic E-state index is -0.141. The highest BCUT2D eigenvalue weighted by atomic mass is 16.1. The number of amides is 1. The molecule has 28 heavy (non-hydrogen) atoms. The van der Waals surface area contributed by atoms with E-state index in [9.17, 15) is 4.79 Å². The Bertz CT molecular complexity index is 1110. The summed E-state index contributed by atoms with van der Waals surface area (Å²) in [5.41, 5.74) is 3.32. The van der Waals surface area contributed by atoms with E-state index >= 15 is 0 Å². The summed E-state index contributed by atoms with van der Waals surface area (Å²) >= 11 is 0. The topological polar surface area (TPSA) is 66.9 Å². The lowest BCUT2D eigenvalue weighted by Gasteiger charge is -2.15. The smallest absolute Gasteiger partial charge is 0.251 e. The van der Waals surface area contributed by atoms with Crippen LogP contribution in [0.2, 0.25) is 0 Å². The van der Waals surface area contributed by atoms with Crippen molar-refractivity contribution in [2.24, 2.45) is 0 Å². The monoisotopic (exact) mass is 368 g/mol. The highest BCUT2D eigenvalue weighted by Crippen LogP contribution is 2.24. The lowest BCUT2D eigenvalue weighted by molar-refractivity contribution is 0.0940. The van der Waals surface area contributed by atoms with Gasteiger partial charge in [-0.3, -0.25) is 9.78 Å². The minimum absolute atomic E-state index is 0.0828. The van der Waals surface area contributed by atoms with Crippen LogP contribution < -0.4 is 10.6 Å². The number of benzene rings is 2. The summed E-state index contributed by atoms with van der Waals surface area (Å²) in [5, 5.41) is 7.34. The molecule has 0 saturated carbocycles. The molecule has 0 aliphatic heterocycles. The molecule has 1 atom stereocenters. The van der Waals surface area contributed by atoms with E-state index in [0.29, 0.717) is 11.4 Å². The fourth-order valence-corrected chi connectivity index (χ4v) is 3.09. The maximum Gasteiger partial charge on any atom is 0.251 e. The molecule has 0 spiro atoms. The molecule has 1 unspecified atom stereocenters. The van der Waals surface area contributed by atoms with E-state index in [2.05, 4.69) is 20.6 Å². The average molecular weight is 368 g/mol. The Morgan fingerprint density at radius 3 is 2.57 bits per heavy atom. The number of hydrogen-bond acceptors (Lipinski definition) is 4. The molecule has 2 N–H and O–H groups in total. The normalized spacial score (nSPS) is 11.8. The molecule has 4 aromatic rings. The van der Waals surface area contributed by atoms with Crippen molar-refractivity contribution in [1.29, 1.82) is 0 Å². The Labute approximate surface area is 163 Å². The van der Waals surface area contributed by atoms with Crippen LogP contribution in [0.3, 0.4) is 0 Å². The molecule has 1 amide bonds. The van der Waals surface area contributed by atoms with Crippen molar-refractivity contribution in [3.63, 3.8) is 0 Å². The number of anilines is 2. The van der Waals surface area contributed by atoms with E-state index in [1.165, 1.54) is 0 Å². The Morgan fingerprint density at radius 1 is 0.893 bits per heavy atom. The van der Waals surface area contributed by atoms with Gasteiger partial charge in [0.05, 0.1) is 17.2 Å². The number of aromatic nitrogens is 2. The molecule has 0 aliphatic carbocycles. The van der Waals surface area contributed by atoms with Gasteiger partial charge < -0.3 is 10.6 Å². The van der Waals surface area contributed by atoms with E-state index in [-0.39, 0.29) is 11.9 Å². The van der Waals surface area contributed by atoms with Gasteiger partial charge in [0.15, 0.2) is 0 Å². The molecule has 2 aromatic carbocycles. The van der Waals surface area contributed by atoms with E-state index in [4.69, 9.17) is 0 Å².